The maximum absolute atomic E-state index is 12.9. The fourth-order valence-corrected chi connectivity index (χ4v) is 3.13. The van der Waals surface area contributed by atoms with Crippen LogP contribution in [0.25, 0.3) is 0 Å². The topological polar surface area (TPSA) is 67.4 Å². The van der Waals surface area contributed by atoms with Crippen molar-refractivity contribution in [3.8, 4) is 5.75 Å². The molecule has 0 aliphatic heterocycles. The number of fused-ring (bicyclic) bond motifs is 1. The summed E-state index contributed by atoms with van der Waals surface area (Å²) in [5.74, 6) is -0.792. The molecule has 0 spiro atoms. The van der Waals surface area contributed by atoms with Gasteiger partial charge in [-0.25, -0.2) is 4.39 Å². The van der Waals surface area contributed by atoms with E-state index in [9.17, 15) is 14.0 Å². The number of hydrogen-bond donors (Lipinski definition) is 2. The summed E-state index contributed by atoms with van der Waals surface area (Å²) in [4.78, 5) is 24.1. The predicted molar refractivity (Wildman–Crippen MR) is 99.6 cm³/mol. The van der Waals surface area contributed by atoms with Crippen molar-refractivity contribution in [2.24, 2.45) is 0 Å². The molecule has 2 aromatic rings. The second-order valence-electron chi connectivity index (χ2n) is 6.74. The van der Waals surface area contributed by atoms with E-state index in [-0.39, 0.29) is 18.1 Å². The Bertz CT molecular complexity index is 821. The molecule has 5 nitrogen and oxygen atoms in total. The van der Waals surface area contributed by atoms with E-state index in [4.69, 9.17) is 4.74 Å². The number of carbonyl (C=O) groups excluding carboxylic acids is 2. The number of benzene rings is 2. The predicted octanol–water partition coefficient (Wildman–Crippen LogP) is 2.86. The molecular formula is C21H23FN2O3. The molecular weight excluding hydrogens is 347 g/mol. The number of ether oxygens (including phenoxy) is 1. The first-order valence-corrected chi connectivity index (χ1v) is 9.13. The second-order valence-corrected chi connectivity index (χ2v) is 6.74. The molecule has 2 N–H and O–H groups in total. The number of nitrogens with one attached hydrogen (secondary N) is 2. The Balaban J connectivity index is 1.46. The highest BCUT2D eigenvalue weighted by molar-refractivity contribution is 5.85. The normalized spacial score (nSPS) is 14.0. The summed E-state index contributed by atoms with van der Waals surface area (Å²) in [6.45, 7) is 1.55. The quantitative estimate of drug-likeness (QED) is 0.796. The number of amides is 2. The van der Waals surface area contributed by atoms with Crippen LogP contribution in [0, 0.1) is 5.82 Å². The van der Waals surface area contributed by atoms with Crippen molar-refractivity contribution in [2.45, 2.75) is 45.1 Å². The van der Waals surface area contributed by atoms with Gasteiger partial charge in [0.15, 0.2) is 6.10 Å². The Labute approximate surface area is 157 Å². The van der Waals surface area contributed by atoms with Gasteiger partial charge in [-0.15, -0.1) is 0 Å². The molecule has 2 amide bonds. The van der Waals surface area contributed by atoms with Crippen molar-refractivity contribution in [2.75, 3.05) is 0 Å². The summed E-state index contributed by atoms with van der Waals surface area (Å²) in [6.07, 6.45) is 3.92. The Hall–Kier alpha value is -2.89. The van der Waals surface area contributed by atoms with Gasteiger partial charge in [0.25, 0.3) is 5.91 Å². The largest absolute Gasteiger partial charge is 0.481 e. The molecule has 0 saturated heterocycles. The Morgan fingerprint density at radius 2 is 1.74 bits per heavy atom. The summed E-state index contributed by atoms with van der Waals surface area (Å²) in [5.41, 5.74) is 8.38. The maximum Gasteiger partial charge on any atom is 0.279 e. The van der Waals surface area contributed by atoms with Gasteiger partial charge in [0.1, 0.15) is 11.6 Å². The van der Waals surface area contributed by atoms with E-state index >= 15 is 0 Å². The molecule has 27 heavy (non-hydrogen) atoms. The van der Waals surface area contributed by atoms with Crippen LogP contribution in [0.3, 0.4) is 0 Å². The minimum atomic E-state index is -0.834. The molecule has 3 rings (SSSR count). The van der Waals surface area contributed by atoms with Crippen LogP contribution in [-0.2, 0) is 28.9 Å². The molecule has 142 valence electrons. The zero-order chi connectivity index (χ0) is 19.2. The molecule has 0 fully saturated rings. The minimum absolute atomic E-state index is 0.195. The first-order chi connectivity index (χ1) is 13.0. The number of halogens is 1. The van der Waals surface area contributed by atoms with E-state index in [0.717, 1.165) is 18.4 Å². The molecule has 2 aromatic carbocycles. The lowest BCUT2D eigenvalue weighted by Gasteiger charge is -2.17. The lowest BCUT2D eigenvalue weighted by molar-refractivity contribution is -0.132. The van der Waals surface area contributed by atoms with Crippen molar-refractivity contribution in [3.63, 3.8) is 0 Å². The van der Waals surface area contributed by atoms with Crippen LogP contribution in [0.4, 0.5) is 4.39 Å². The lowest BCUT2D eigenvalue weighted by atomic mass is 9.90. The third kappa shape index (κ3) is 5.29. The first kappa shape index (κ1) is 18.9. The van der Waals surface area contributed by atoms with Crippen molar-refractivity contribution >= 4 is 11.8 Å². The van der Waals surface area contributed by atoms with E-state index in [1.165, 1.54) is 48.2 Å². The van der Waals surface area contributed by atoms with Gasteiger partial charge in [-0.05, 0) is 73.6 Å². The van der Waals surface area contributed by atoms with Crippen molar-refractivity contribution < 1.29 is 18.7 Å². The van der Waals surface area contributed by atoms with Gasteiger partial charge in [0.2, 0.25) is 5.91 Å². The van der Waals surface area contributed by atoms with Gasteiger partial charge in [-0.1, -0.05) is 18.2 Å². The van der Waals surface area contributed by atoms with Crippen molar-refractivity contribution in [1.82, 2.24) is 10.9 Å². The average molecular weight is 370 g/mol. The van der Waals surface area contributed by atoms with E-state index in [2.05, 4.69) is 23.0 Å². The van der Waals surface area contributed by atoms with Crippen molar-refractivity contribution in [3.05, 3.63) is 65.0 Å². The number of hydrogen-bond acceptors (Lipinski definition) is 3. The molecule has 0 saturated carbocycles. The molecule has 1 aliphatic carbocycles. The first-order valence-electron chi connectivity index (χ1n) is 9.13. The fourth-order valence-electron chi connectivity index (χ4n) is 3.13. The zero-order valence-corrected chi connectivity index (χ0v) is 15.3. The van der Waals surface area contributed by atoms with Crippen LogP contribution < -0.4 is 15.6 Å². The zero-order valence-electron chi connectivity index (χ0n) is 15.3. The Morgan fingerprint density at radius 3 is 2.48 bits per heavy atom. The van der Waals surface area contributed by atoms with Gasteiger partial charge in [0.05, 0.1) is 6.42 Å². The Kier molecular flexibility index (Phi) is 6.06. The van der Waals surface area contributed by atoms with E-state index in [1.54, 1.807) is 6.92 Å². The second kappa shape index (κ2) is 8.66. The monoisotopic (exact) mass is 370 g/mol. The molecule has 0 radical (unpaired) electrons. The number of aryl methyl sites for hydroxylation is 2. The molecule has 1 aliphatic rings. The fraction of sp³-hybridized carbons (Fsp3) is 0.333. The van der Waals surface area contributed by atoms with E-state index in [0.29, 0.717) is 5.75 Å². The Morgan fingerprint density at radius 1 is 1.04 bits per heavy atom. The number of carbonyl (C=O) groups is 2. The van der Waals surface area contributed by atoms with Crippen LogP contribution in [0.5, 0.6) is 5.75 Å². The highest BCUT2D eigenvalue weighted by Gasteiger charge is 2.16. The lowest BCUT2D eigenvalue weighted by Crippen LogP contribution is -2.47. The molecule has 0 heterocycles. The highest BCUT2D eigenvalue weighted by atomic mass is 19.1. The van der Waals surface area contributed by atoms with Gasteiger partial charge in [-0.3, -0.25) is 20.4 Å². The minimum Gasteiger partial charge on any atom is -0.481 e. The van der Waals surface area contributed by atoms with Gasteiger partial charge in [0, 0.05) is 0 Å². The third-order valence-corrected chi connectivity index (χ3v) is 4.60. The van der Waals surface area contributed by atoms with Crippen LogP contribution in [0.1, 0.15) is 36.5 Å². The van der Waals surface area contributed by atoms with Gasteiger partial charge in [-0.2, -0.15) is 0 Å². The van der Waals surface area contributed by atoms with Gasteiger partial charge >= 0.3 is 0 Å². The molecule has 0 aromatic heterocycles. The number of rotatable bonds is 5. The third-order valence-electron chi connectivity index (χ3n) is 4.60. The average Bonchev–Trinajstić information content (AvgIpc) is 2.67. The summed E-state index contributed by atoms with van der Waals surface area (Å²) in [7, 11) is 0. The van der Waals surface area contributed by atoms with Crippen LogP contribution in [0.15, 0.2) is 42.5 Å². The summed E-state index contributed by atoms with van der Waals surface area (Å²) in [6, 6.07) is 11.5. The molecule has 1 atom stereocenters. The van der Waals surface area contributed by atoms with Crippen molar-refractivity contribution in [1.29, 1.82) is 0 Å². The highest BCUT2D eigenvalue weighted by Crippen LogP contribution is 2.22. The van der Waals surface area contributed by atoms with Crippen LogP contribution in [0.2, 0.25) is 0 Å². The smallest absolute Gasteiger partial charge is 0.279 e. The van der Waals surface area contributed by atoms with E-state index < -0.39 is 12.0 Å². The molecule has 6 heteroatoms. The molecule has 1 unspecified atom stereocenters. The summed E-state index contributed by atoms with van der Waals surface area (Å²) < 4.78 is 18.3. The van der Waals surface area contributed by atoms with Crippen LogP contribution >= 0.6 is 0 Å². The molecule has 0 bridgehead atoms. The standard InChI is InChI=1S/C21H23FN2O3/c1-14(27-19-10-8-18(22)9-11-19)21(26)24-23-20(25)13-15-6-7-16-4-2-3-5-17(16)12-15/h6-12,14H,2-5,13H2,1H3,(H,23,25)(H,24,26). The summed E-state index contributed by atoms with van der Waals surface area (Å²) in [5, 5.41) is 0. The summed E-state index contributed by atoms with van der Waals surface area (Å²) >= 11 is 0. The maximum atomic E-state index is 12.9. The van der Waals surface area contributed by atoms with E-state index in [1.807, 2.05) is 6.07 Å². The van der Waals surface area contributed by atoms with Crippen LogP contribution in [-0.4, -0.2) is 17.9 Å². The SMILES string of the molecule is CC(Oc1ccc(F)cc1)C(=O)NNC(=O)Cc1ccc2c(c1)CCCC2. The van der Waals surface area contributed by atoms with Gasteiger partial charge < -0.3 is 4.74 Å². The number of hydrazine groups is 1.